The van der Waals surface area contributed by atoms with Crippen LogP contribution >= 0.6 is 0 Å². The smallest absolute Gasteiger partial charge is 0.118 e. The molecule has 1 aromatic rings. The zero-order chi connectivity index (χ0) is 13.7. The maximum atomic E-state index is 5.20. The first-order valence-corrected chi connectivity index (χ1v) is 7.66. The first-order chi connectivity index (χ1) is 9.26. The molecule has 0 aliphatic heterocycles. The zero-order valence-electron chi connectivity index (χ0n) is 12.5. The fourth-order valence-corrected chi connectivity index (χ4v) is 2.99. The van der Waals surface area contributed by atoms with Gasteiger partial charge in [-0.2, -0.15) is 0 Å². The van der Waals surface area contributed by atoms with Gasteiger partial charge in [-0.25, -0.2) is 0 Å². The molecule has 0 radical (unpaired) electrons. The van der Waals surface area contributed by atoms with Crippen LogP contribution in [0.2, 0.25) is 0 Å². The van der Waals surface area contributed by atoms with Crippen molar-refractivity contribution in [3.8, 4) is 5.75 Å². The SMILES string of the molecule is CCCC(CC)NC1CC(c2ccc(OC)cc2)C1. The molecule has 0 bridgehead atoms. The first kappa shape index (κ1) is 14.4. The van der Waals surface area contributed by atoms with Gasteiger partial charge in [-0.3, -0.25) is 0 Å². The number of rotatable bonds is 7. The maximum absolute atomic E-state index is 5.20. The number of hydrogen-bond acceptors (Lipinski definition) is 2. The lowest BCUT2D eigenvalue weighted by Gasteiger charge is -2.38. The van der Waals surface area contributed by atoms with Crippen LogP contribution in [-0.4, -0.2) is 19.2 Å². The third-order valence-electron chi connectivity index (χ3n) is 4.33. The van der Waals surface area contributed by atoms with Crippen molar-refractivity contribution < 1.29 is 4.74 Å². The minimum atomic E-state index is 0.715. The van der Waals surface area contributed by atoms with Crippen molar-refractivity contribution >= 4 is 0 Å². The highest BCUT2D eigenvalue weighted by Crippen LogP contribution is 2.37. The molecule has 0 spiro atoms. The van der Waals surface area contributed by atoms with Crippen LogP contribution in [0.5, 0.6) is 5.75 Å². The summed E-state index contributed by atoms with van der Waals surface area (Å²) in [6.45, 7) is 4.55. The van der Waals surface area contributed by atoms with Gasteiger partial charge in [-0.15, -0.1) is 0 Å². The molecule has 19 heavy (non-hydrogen) atoms. The highest BCUT2D eigenvalue weighted by molar-refractivity contribution is 5.30. The Kier molecular flexibility index (Phi) is 5.26. The van der Waals surface area contributed by atoms with E-state index in [0.717, 1.165) is 17.7 Å². The van der Waals surface area contributed by atoms with E-state index in [0.29, 0.717) is 6.04 Å². The minimum absolute atomic E-state index is 0.715. The molecule has 1 aromatic carbocycles. The summed E-state index contributed by atoms with van der Waals surface area (Å²) in [5.74, 6) is 1.69. The molecule has 2 rings (SSSR count). The van der Waals surface area contributed by atoms with E-state index in [1.54, 1.807) is 7.11 Å². The molecule has 1 fully saturated rings. The molecule has 1 saturated carbocycles. The molecular weight excluding hydrogens is 234 g/mol. The summed E-state index contributed by atoms with van der Waals surface area (Å²) in [7, 11) is 1.72. The Morgan fingerprint density at radius 2 is 1.89 bits per heavy atom. The number of nitrogens with one attached hydrogen (secondary N) is 1. The minimum Gasteiger partial charge on any atom is -0.497 e. The van der Waals surface area contributed by atoms with Crippen molar-refractivity contribution in [3.63, 3.8) is 0 Å². The second-order valence-corrected chi connectivity index (χ2v) is 5.70. The van der Waals surface area contributed by atoms with E-state index in [-0.39, 0.29) is 0 Å². The van der Waals surface area contributed by atoms with Gasteiger partial charge in [-0.1, -0.05) is 32.4 Å². The monoisotopic (exact) mass is 261 g/mol. The molecule has 1 N–H and O–H groups in total. The third-order valence-corrected chi connectivity index (χ3v) is 4.33. The fourth-order valence-electron chi connectivity index (χ4n) is 2.99. The van der Waals surface area contributed by atoms with Crippen molar-refractivity contribution in [2.75, 3.05) is 7.11 Å². The van der Waals surface area contributed by atoms with Gasteiger partial charge >= 0.3 is 0 Å². The fraction of sp³-hybridized carbons (Fsp3) is 0.647. The number of hydrogen-bond donors (Lipinski definition) is 1. The van der Waals surface area contributed by atoms with Crippen LogP contribution in [-0.2, 0) is 0 Å². The van der Waals surface area contributed by atoms with Crippen LogP contribution in [0.3, 0.4) is 0 Å². The quantitative estimate of drug-likeness (QED) is 0.797. The predicted molar refractivity (Wildman–Crippen MR) is 80.9 cm³/mol. The Morgan fingerprint density at radius 1 is 1.21 bits per heavy atom. The average molecular weight is 261 g/mol. The molecule has 1 aliphatic carbocycles. The van der Waals surface area contributed by atoms with Gasteiger partial charge in [0.15, 0.2) is 0 Å². The van der Waals surface area contributed by atoms with Crippen LogP contribution in [0.4, 0.5) is 0 Å². The molecule has 0 aromatic heterocycles. The van der Waals surface area contributed by atoms with Crippen molar-refractivity contribution in [3.05, 3.63) is 29.8 Å². The molecule has 1 atom stereocenters. The maximum Gasteiger partial charge on any atom is 0.118 e. The molecule has 1 aliphatic rings. The molecule has 106 valence electrons. The lowest BCUT2D eigenvalue weighted by atomic mass is 9.75. The number of benzene rings is 1. The number of methoxy groups -OCH3 is 1. The van der Waals surface area contributed by atoms with E-state index < -0.39 is 0 Å². The summed E-state index contributed by atoms with van der Waals surface area (Å²) in [5, 5.41) is 3.80. The third kappa shape index (κ3) is 3.73. The Balaban J connectivity index is 1.78. The largest absolute Gasteiger partial charge is 0.497 e. The average Bonchev–Trinajstić information content (AvgIpc) is 2.41. The van der Waals surface area contributed by atoms with Crippen LogP contribution < -0.4 is 10.1 Å². The normalized spacial score (nSPS) is 23.7. The first-order valence-electron chi connectivity index (χ1n) is 7.66. The van der Waals surface area contributed by atoms with E-state index in [9.17, 15) is 0 Å². The Morgan fingerprint density at radius 3 is 2.42 bits per heavy atom. The summed E-state index contributed by atoms with van der Waals surface area (Å²) in [6.07, 6.45) is 6.40. The van der Waals surface area contributed by atoms with Crippen LogP contribution in [0.1, 0.15) is 57.4 Å². The highest BCUT2D eigenvalue weighted by Gasteiger charge is 2.31. The summed E-state index contributed by atoms with van der Waals surface area (Å²) < 4.78 is 5.20. The van der Waals surface area contributed by atoms with Gasteiger partial charge in [0.2, 0.25) is 0 Å². The second kappa shape index (κ2) is 6.95. The molecular formula is C17H27NO. The summed E-state index contributed by atoms with van der Waals surface area (Å²) in [4.78, 5) is 0. The van der Waals surface area contributed by atoms with Gasteiger partial charge in [0.05, 0.1) is 7.11 Å². The van der Waals surface area contributed by atoms with Gasteiger partial charge in [0, 0.05) is 12.1 Å². The summed E-state index contributed by atoms with van der Waals surface area (Å²) in [5.41, 5.74) is 1.46. The van der Waals surface area contributed by atoms with E-state index in [2.05, 4.69) is 43.4 Å². The van der Waals surface area contributed by atoms with Gasteiger partial charge in [0.25, 0.3) is 0 Å². The molecule has 0 saturated heterocycles. The van der Waals surface area contributed by atoms with Crippen molar-refractivity contribution in [1.82, 2.24) is 5.32 Å². The predicted octanol–water partition coefficient (Wildman–Crippen LogP) is 4.11. The second-order valence-electron chi connectivity index (χ2n) is 5.70. The summed E-state index contributed by atoms with van der Waals surface area (Å²) >= 11 is 0. The Bertz CT molecular complexity index is 367. The van der Waals surface area contributed by atoms with E-state index >= 15 is 0 Å². The van der Waals surface area contributed by atoms with Gasteiger partial charge < -0.3 is 10.1 Å². The highest BCUT2D eigenvalue weighted by atomic mass is 16.5. The zero-order valence-corrected chi connectivity index (χ0v) is 12.5. The Labute approximate surface area is 117 Å². The summed E-state index contributed by atoms with van der Waals surface area (Å²) in [6, 6.07) is 10.0. The van der Waals surface area contributed by atoms with Crippen LogP contribution in [0, 0.1) is 0 Å². The molecule has 2 nitrogen and oxygen atoms in total. The topological polar surface area (TPSA) is 21.3 Å². The van der Waals surface area contributed by atoms with Gasteiger partial charge in [0.1, 0.15) is 5.75 Å². The lowest BCUT2D eigenvalue weighted by Crippen LogP contribution is -2.45. The lowest BCUT2D eigenvalue weighted by molar-refractivity contribution is 0.255. The van der Waals surface area contributed by atoms with E-state index in [4.69, 9.17) is 4.74 Å². The Hall–Kier alpha value is -1.02. The molecule has 2 heteroatoms. The standard InChI is InChI=1S/C17H27NO/c1-4-6-15(5-2)18-16-11-14(12-16)13-7-9-17(19-3)10-8-13/h7-10,14-16,18H,4-6,11-12H2,1-3H3. The van der Waals surface area contributed by atoms with Crippen molar-refractivity contribution in [2.45, 2.75) is 64.0 Å². The van der Waals surface area contributed by atoms with Gasteiger partial charge in [-0.05, 0) is 49.3 Å². The number of ether oxygens (including phenoxy) is 1. The van der Waals surface area contributed by atoms with Crippen LogP contribution in [0.15, 0.2) is 24.3 Å². The van der Waals surface area contributed by atoms with Crippen molar-refractivity contribution in [2.24, 2.45) is 0 Å². The van der Waals surface area contributed by atoms with Crippen LogP contribution in [0.25, 0.3) is 0 Å². The van der Waals surface area contributed by atoms with Crippen molar-refractivity contribution in [1.29, 1.82) is 0 Å². The molecule has 1 unspecified atom stereocenters. The van der Waals surface area contributed by atoms with E-state index in [1.807, 2.05) is 0 Å². The molecule has 0 amide bonds. The molecule has 0 heterocycles. The van der Waals surface area contributed by atoms with E-state index in [1.165, 1.54) is 37.7 Å².